The number of ether oxygens (including phenoxy) is 2. The average molecular weight is 349 g/mol. The standard InChI is InChI=1S/C18H21ClN2O3/c1-23-14-7-8-17(24-2)16(11-14)20-10-9-18(22)21-12-13-5-3-4-6-15(13)19/h3-8,11,20H,9-10,12H2,1-2H3,(H,21,22). The number of rotatable bonds is 8. The maximum Gasteiger partial charge on any atom is 0.222 e. The number of anilines is 1. The first-order valence-electron chi connectivity index (χ1n) is 7.60. The summed E-state index contributed by atoms with van der Waals surface area (Å²) in [5.74, 6) is 1.37. The molecule has 0 spiro atoms. The molecular weight excluding hydrogens is 328 g/mol. The molecule has 2 aromatic carbocycles. The summed E-state index contributed by atoms with van der Waals surface area (Å²) in [6.45, 7) is 0.902. The number of halogens is 1. The van der Waals surface area contributed by atoms with Crippen molar-refractivity contribution < 1.29 is 14.3 Å². The number of carbonyl (C=O) groups excluding carboxylic acids is 1. The summed E-state index contributed by atoms with van der Waals surface area (Å²) in [6, 6.07) is 12.9. The van der Waals surface area contributed by atoms with Gasteiger partial charge in [0, 0.05) is 30.6 Å². The zero-order chi connectivity index (χ0) is 17.4. The highest BCUT2D eigenvalue weighted by Gasteiger charge is 2.07. The highest BCUT2D eigenvalue weighted by molar-refractivity contribution is 6.31. The first kappa shape index (κ1) is 17.9. The molecule has 0 aliphatic carbocycles. The van der Waals surface area contributed by atoms with Gasteiger partial charge in [-0.25, -0.2) is 0 Å². The predicted molar refractivity (Wildman–Crippen MR) is 96.0 cm³/mol. The lowest BCUT2D eigenvalue weighted by molar-refractivity contribution is -0.121. The van der Waals surface area contributed by atoms with E-state index >= 15 is 0 Å². The minimum atomic E-state index is -0.0516. The van der Waals surface area contributed by atoms with E-state index in [2.05, 4.69) is 10.6 Å². The summed E-state index contributed by atoms with van der Waals surface area (Å²) in [6.07, 6.45) is 0.338. The Kier molecular flexibility index (Phi) is 6.75. The smallest absolute Gasteiger partial charge is 0.222 e. The van der Waals surface area contributed by atoms with Crippen LogP contribution in [0.3, 0.4) is 0 Å². The molecule has 0 aliphatic heterocycles. The van der Waals surface area contributed by atoms with Crippen LogP contribution < -0.4 is 20.1 Å². The van der Waals surface area contributed by atoms with Crippen LogP contribution in [0, 0.1) is 0 Å². The maximum absolute atomic E-state index is 11.9. The van der Waals surface area contributed by atoms with E-state index in [-0.39, 0.29) is 5.91 Å². The van der Waals surface area contributed by atoms with Gasteiger partial charge in [0.05, 0.1) is 19.9 Å². The summed E-state index contributed by atoms with van der Waals surface area (Å²) in [5, 5.41) is 6.70. The Morgan fingerprint density at radius 1 is 1.12 bits per heavy atom. The van der Waals surface area contributed by atoms with Crippen LogP contribution in [0.2, 0.25) is 5.02 Å². The Hall–Kier alpha value is -2.40. The zero-order valence-corrected chi connectivity index (χ0v) is 14.5. The second kappa shape index (κ2) is 9.03. The van der Waals surface area contributed by atoms with Crippen molar-refractivity contribution >= 4 is 23.2 Å². The van der Waals surface area contributed by atoms with Gasteiger partial charge in [-0.05, 0) is 23.8 Å². The van der Waals surface area contributed by atoms with Gasteiger partial charge in [0.2, 0.25) is 5.91 Å². The number of carbonyl (C=O) groups is 1. The number of methoxy groups -OCH3 is 2. The third-order valence-electron chi connectivity index (χ3n) is 3.51. The minimum absolute atomic E-state index is 0.0516. The van der Waals surface area contributed by atoms with Gasteiger partial charge < -0.3 is 20.1 Å². The van der Waals surface area contributed by atoms with E-state index in [1.807, 2.05) is 36.4 Å². The number of benzene rings is 2. The van der Waals surface area contributed by atoms with Crippen LogP contribution in [-0.4, -0.2) is 26.7 Å². The Labute approximate surface area is 146 Å². The normalized spacial score (nSPS) is 10.1. The molecule has 0 atom stereocenters. The highest BCUT2D eigenvalue weighted by Crippen LogP contribution is 2.28. The molecule has 0 unspecified atom stereocenters. The van der Waals surface area contributed by atoms with Crippen LogP contribution in [0.15, 0.2) is 42.5 Å². The highest BCUT2D eigenvalue weighted by atomic mass is 35.5. The van der Waals surface area contributed by atoms with Crippen LogP contribution in [0.1, 0.15) is 12.0 Å². The maximum atomic E-state index is 11.9. The zero-order valence-electron chi connectivity index (χ0n) is 13.8. The molecular formula is C18H21ClN2O3. The van der Waals surface area contributed by atoms with Crippen LogP contribution in [0.5, 0.6) is 11.5 Å². The number of hydrogen-bond acceptors (Lipinski definition) is 4. The molecule has 0 aromatic heterocycles. The number of nitrogens with one attached hydrogen (secondary N) is 2. The van der Waals surface area contributed by atoms with E-state index in [0.29, 0.717) is 30.3 Å². The van der Waals surface area contributed by atoms with Crippen molar-refractivity contribution in [2.75, 3.05) is 26.1 Å². The molecule has 6 heteroatoms. The van der Waals surface area contributed by atoms with Gasteiger partial charge in [-0.2, -0.15) is 0 Å². The Morgan fingerprint density at radius 2 is 1.92 bits per heavy atom. The lowest BCUT2D eigenvalue weighted by atomic mass is 10.2. The molecule has 2 N–H and O–H groups in total. The quantitative estimate of drug-likeness (QED) is 0.766. The molecule has 2 aromatic rings. The monoisotopic (exact) mass is 348 g/mol. The fraction of sp³-hybridized carbons (Fsp3) is 0.278. The Morgan fingerprint density at radius 3 is 2.62 bits per heavy atom. The van der Waals surface area contributed by atoms with Gasteiger partial charge in [0.25, 0.3) is 0 Å². The molecule has 0 radical (unpaired) electrons. The Balaban J connectivity index is 1.81. The van der Waals surface area contributed by atoms with Crippen molar-refractivity contribution in [3.05, 3.63) is 53.1 Å². The van der Waals surface area contributed by atoms with Crippen molar-refractivity contribution in [2.45, 2.75) is 13.0 Å². The van der Waals surface area contributed by atoms with Crippen molar-refractivity contribution in [1.29, 1.82) is 0 Å². The van der Waals surface area contributed by atoms with Crippen molar-refractivity contribution in [3.8, 4) is 11.5 Å². The van der Waals surface area contributed by atoms with E-state index in [1.54, 1.807) is 20.3 Å². The van der Waals surface area contributed by atoms with Gasteiger partial charge in [-0.15, -0.1) is 0 Å². The van der Waals surface area contributed by atoms with Gasteiger partial charge in [-0.1, -0.05) is 29.8 Å². The van der Waals surface area contributed by atoms with Crippen LogP contribution in [0.25, 0.3) is 0 Å². The molecule has 2 rings (SSSR count). The van der Waals surface area contributed by atoms with Crippen molar-refractivity contribution in [2.24, 2.45) is 0 Å². The largest absolute Gasteiger partial charge is 0.497 e. The summed E-state index contributed by atoms with van der Waals surface area (Å²) in [5.41, 5.74) is 1.69. The molecule has 0 bridgehead atoms. The second-order valence-electron chi connectivity index (χ2n) is 5.11. The number of hydrogen-bond donors (Lipinski definition) is 2. The third-order valence-corrected chi connectivity index (χ3v) is 3.88. The second-order valence-corrected chi connectivity index (χ2v) is 5.52. The van der Waals surface area contributed by atoms with E-state index in [9.17, 15) is 4.79 Å². The first-order chi connectivity index (χ1) is 11.6. The van der Waals surface area contributed by atoms with Crippen molar-refractivity contribution in [3.63, 3.8) is 0 Å². The molecule has 0 fully saturated rings. The SMILES string of the molecule is COc1ccc(OC)c(NCCC(=O)NCc2ccccc2Cl)c1. The topological polar surface area (TPSA) is 59.6 Å². The van der Waals surface area contributed by atoms with Gasteiger partial charge >= 0.3 is 0 Å². The molecule has 1 amide bonds. The third kappa shape index (κ3) is 5.06. The molecule has 24 heavy (non-hydrogen) atoms. The van der Waals surface area contributed by atoms with E-state index in [4.69, 9.17) is 21.1 Å². The molecule has 0 heterocycles. The minimum Gasteiger partial charge on any atom is -0.497 e. The van der Waals surface area contributed by atoms with Crippen LogP contribution >= 0.6 is 11.6 Å². The Bertz CT molecular complexity index is 692. The van der Waals surface area contributed by atoms with Gasteiger partial charge in [0.1, 0.15) is 11.5 Å². The fourth-order valence-electron chi connectivity index (χ4n) is 2.19. The van der Waals surface area contributed by atoms with E-state index < -0.39 is 0 Å². The lowest BCUT2D eigenvalue weighted by Gasteiger charge is -2.12. The molecule has 128 valence electrons. The predicted octanol–water partition coefficient (Wildman–Crippen LogP) is 3.48. The fourth-order valence-corrected chi connectivity index (χ4v) is 2.39. The average Bonchev–Trinajstić information content (AvgIpc) is 2.61. The number of amides is 1. The summed E-state index contributed by atoms with van der Waals surface area (Å²) < 4.78 is 10.5. The molecule has 0 aliphatic rings. The summed E-state index contributed by atoms with van der Waals surface area (Å²) >= 11 is 6.06. The molecule has 0 saturated heterocycles. The first-order valence-corrected chi connectivity index (χ1v) is 7.98. The summed E-state index contributed by atoms with van der Waals surface area (Å²) in [7, 11) is 3.21. The van der Waals surface area contributed by atoms with Gasteiger partial charge in [-0.3, -0.25) is 4.79 Å². The van der Waals surface area contributed by atoms with Crippen molar-refractivity contribution in [1.82, 2.24) is 5.32 Å². The van der Waals surface area contributed by atoms with E-state index in [1.165, 1.54) is 0 Å². The van der Waals surface area contributed by atoms with E-state index in [0.717, 1.165) is 17.0 Å². The lowest BCUT2D eigenvalue weighted by Crippen LogP contribution is -2.25. The molecule has 0 saturated carbocycles. The molecule has 5 nitrogen and oxygen atoms in total. The van der Waals surface area contributed by atoms with Crippen LogP contribution in [-0.2, 0) is 11.3 Å². The summed E-state index contributed by atoms with van der Waals surface area (Å²) in [4.78, 5) is 11.9. The van der Waals surface area contributed by atoms with Gasteiger partial charge in [0.15, 0.2) is 0 Å². The van der Waals surface area contributed by atoms with Crippen LogP contribution in [0.4, 0.5) is 5.69 Å².